The van der Waals surface area contributed by atoms with E-state index in [9.17, 15) is 18.0 Å². The number of nitrogens with zero attached hydrogens (tertiary/aromatic N) is 3. The number of aryl methyl sites for hydroxylation is 1. The fourth-order valence-corrected chi connectivity index (χ4v) is 4.91. The summed E-state index contributed by atoms with van der Waals surface area (Å²) in [6.07, 6.45) is 2.01. The van der Waals surface area contributed by atoms with Crippen molar-refractivity contribution in [3.8, 4) is 0 Å². The van der Waals surface area contributed by atoms with Crippen molar-refractivity contribution in [1.82, 2.24) is 4.90 Å². The number of anilines is 1. The first-order chi connectivity index (χ1) is 13.3. The number of carbonyl (C=O) groups excluding carboxylic acids is 2. The molecule has 1 atom stereocenters. The molecule has 2 aliphatic rings. The monoisotopic (exact) mass is 407 g/mol. The Balaban J connectivity index is 2.15. The molecule has 0 spiro atoms. The van der Waals surface area contributed by atoms with Gasteiger partial charge in [-0.1, -0.05) is 13.0 Å². The molecule has 2 aliphatic heterocycles. The van der Waals surface area contributed by atoms with Crippen LogP contribution in [0.3, 0.4) is 0 Å². The first-order valence-electron chi connectivity index (χ1n) is 9.50. The van der Waals surface area contributed by atoms with Crippen LogP contribution in [0.2, 0.25) is 0 Å². The molecule has 0 bridgehead atoms. The van der Waals surface area contributed by atoms with Gasteiger partial charge in [-0.05, 0) is 50.8 Å². The van der Waals surface area contributed by atoms with Crippen molar-refractivity contribution < 1.29 is 22.7 Å². The smallest absolute Gasteiger partial charge is 0.330 e. The van der Waals surface area contributed by atoms with Crippen LogP contribution in [0.5, 0.6) is 0 Å². The van der Waals surface area contributed by atoms with Crippen molar-refractivity contribution >= 4 is 32.4 Å². The highest BCUT2D eigenvalue weighted by Crippen LogP contribution is 2.35. The van der Waals surface area contributed by atoms with Crippen molar-refractivity contribution in [2.75, 3.05) is 24.7 Å². The van der Waals surface area contributed by atoms with Crippen molar-refractivity contribution in [3.63, 3.8) is 0 Å². The molecule has 9 heteroatoms. The molecule has 1 amide bonds. The van der Waals surface area contributed by atoms with E-state index in [1.54, 1.807) is 26.0 Å². The molecule has 1 aromatic rings. The topological polar surface area (TPSA) is 96.3 Å². The number of hydrogen-bond acceptors (Lipinski definition) is 7. The van der Waals surface area contributed by atoms with E-state index in [4.69, 9.17) is 4.74 Å². The molecule has 1 aromatic carbocycles. The minimum Gasteiger partial charge on any atom is -0.464 e. The number of likely N-dealkylation sites (tertiary alicyclic amines) is 1. The summed E-state index contributed by atoms with van der Waals surface area (Å²) in [6.45, 7) is 6.52. The highest BCUT2D eigenvalue weighted by atomic mass is 32.2. The van der Waals surface area contributed by atoms with Gasteiger partial charge in [0.25, 0.3) is 5.91 Å². The molecule has 0 radical (unpaired) electrons. The van der Waals surface area contributed by atoms with Crippen molar-refractivity contribution in [3.05, 3.63) is 23.8 Å². The number of esters is 1. The number of hydrazone groups is 1. The number of amides is 1. The first kappa shape index (κ1) is 20.3. The lowest BCUT2D eigenvalue weighted by Gasteiger charge is -2.32. The minimum absolute atomic E-state index is 0.0154. The summed E-state index contributed by atoms with van der Waals surface area (Å²) < 4.78 is 31.4. The van der Waals surface area contributed by atoms with Gasteiger partial charge < -0.3 is 9.64 Å². The van der Waals surface area contributed by atoms with Crippen LogP contribution in [0.15, 0.2) is 28.2 Å². The van der Waals surface area contributed by atoms with Gasteiger partial charge in [0, 0.05) is 13.1 Å². The van der Waals surface area contributed by atoms with Gasteiger partial charge in [-0.3, -0.25) is 4.79 Å². The van der Waals surface area contributed by atoms with E-state index in [1.807, 2.05) is 6.92 Å². The lowest BCUT2D eigenvalue weighted by molar-refractivity contribution is -0.144. The molecular weight excluding hydrogens is 382 g/mol. The molecule has 8 nitrogen and oxygen atoms in total. The van der Waals surface area contributed by atoms with Crippen molar-refractivity contribution in [2.45, 2.75) is 51.0 Å². The predicted molar refractivity (Wildman–Crippen MR) is 105 cm³/mol. The van der Waals surface area contributed by atoms with E-state index in [0.29, 0.717) is 19.5 Å². The maximum atomic E-state index is 13.1. The second kappa shape index (κ2) is 7.90. The number of carbonyl (C=O) groups is 2. The van der Waals surface area contributed by atoms with E-state index in [-0.39, 0.29) is 17.2 Å². The highest BCUT2D eigenvalue weighted by Gasteiger charge is 2.42. The van der Waals surface area contributed by atoms with Gasteiger partial charge >= 0.3 is 5.97 Å². The van der Waals surface area contributed by atoms with Gasteiger partial charge in [0.05, 0.1) is 17.2 Å². The highest BCUT2D eigenvalue weighted by molar-refractivity contribution is 8.08. The first-order valence-corrected chi connectivity index (χ1v) is 11.0. The molecule has 0 aromatic heterocycles. The van der Waals surface area contributed by atoms with E-state index in [2.05, 4.69) is 5.10 Å². The number of sulfone groups is 1. The molecule has 1 fully saturated rings. The third-order valence-corrected chi connectivity index (χ3v) is 6.61. The van der Waals surface area contributed by atoms with E-state index in [1.165, 1.54) is 16.0 Å². The van der Waals surface area contributed by atoms with Gasteiger partial charge in [0.1, 0.15) is 6.04 Å². The predicted octanol–water partition coefficient (Wildman–Crippen LogP) is 1.87. The summed E-state index contributed by atoms with van der Waals surface area (Å²) in [6, 6.07) is 3.98. The van der Waals surface area contributed by atoms with Crippen LogP contribution in [-0.2, 0) is 24.2 Å². The molecule has 0 aliphatic carbocycles. The van der Waals surface area contributed by atoms with Gasteiger partial charge in [-0.15, -0.1) is 0 Å². The zero-order chi connectivity index (χ0) is 20.5. The Labute approximate surface area is 165 Å². The molecule has 0 saturated carbocycles. The number of benzene rings is 1. The van der Waals surface area contributed by atoms with Gasteiger partial charge in [-0.2, -0.15) is 5.10 Å². The standard InChI is InChI=1S/C19H25N3O5S/c1-4-14(19(24)27-5-2)22-15-12-13(3)8-9-16(15)28(25,26)17(20-22)18(23)21-10-6-7-11-21/h8-9,12,14H,4-7,10-11H2,1-3H3/t14-/m0/s1. The summed E-state index contributed by atoms with van der Waals surface area (Å²) in [5.41, 5.74) is 1.11. The summed E-state index contributed by atoms with van der Waals surface area (Å²) in [7, 11) is -4.08. The Bertz CT molecular complexity index is 919. The van der Waals surface area contributed by atoms with Crippen LogP contribution in [0, 0.1) is 6.92 Å². The van der Waals surface area contributed by atoms with Gasteiger partial charge in [0.2, 0.25) is 14.9 Å². The Kier molecular flexibility index (Phi) is 5.74. The fourth-order valence-electron chi connectivity index (χ4n) is 3.47. The normalized spacial score (nSPS) is 19.0. The molecule has 2 heterocycles. The van der Waals surface area contributed by atoms with Crippen LogP contribution >= 0.6 is 0 Å². The van der Waals surface area contributed by atoms with Crippen LogP contribution in [0.1, 0.15) is 38.7 Å². The number of fused-ring (bicyclic) bond motifs is 1. The van der Waals surface area contributed by atoms with Crippen molar-refractivity contribution in [2.24, 2.45) is 5.10 Å². The molecule has 3 rings (SSSR count). The van der Waals surface area contributed by atoms with Crippen LogP contribution in [-0.4, -0.2) is 56.0 Å². The summed E-state index contributed by atoms with van der Waals surface area (Å²) in [5, 5.41) is 5.01. The maximum Gasteiger partial charge on any atom is 0.330 e. The summed E-state index contributed by atoms with van der Waals surface area (Å²) >= 11 is 0. The second-order valence-corrected chi connectivity index (χ2v) is 8.73. The van der Waals surface area contributed by atoms with Gasteiger partial charge in [0.15, 0.2) is 0 Å². The zero-order valence-electron chi connectivity index (χ0n) is 16.3. The fraction of sp³-hybridized carbons (Fsp3) is 0.526. The minimum atomic E-state index is -4.08. The third kappa shape index (κ3) is 3.50. The number of ether oxygens (including phenoxy) is 1. The maximum absolute atomic E-state index is 13.1. The van der Waals surface area contributed by atoms with Crippen LogP contribution in [0.25, 0.3) is 0 Å². The summed E-state index contributed by atoms with van der Waals surface area (Å²) in [4.78, 5) is 26.9. The van der Waals surface area contributed by atoms with E-state index >= 15 is 0 Å². The molecule has 28 heavy (non-hydrogen) atoms. The Morgan fingerprint density at radius 2 is 1.89 bits per heavy atom. The number of hydrogen-bond donors (Lipinski definition) is 0. The second-order valence-electron chi connectivity index (χ2n) is 6.90. The largest absolute Gasteiger partial charge is 0.464 e. The lowest BCUT2D eigenvalue weighted by atomic mass is 10.1. The van der Waals surface area contributed by atoms with Crippen LogP contribution < -0.4 is 5.01 Å². The Morgan fingerprint density at radius 3 is 2.50 bits per heavy atom. The third-order valence-electron chi connectivity index (χ3n) is 4.92. The quantitative estimate of drug-likeness (QED) is 0.692. The Morgan fingerprint density at radius 1 is 1.21 bits per heavy atom. The van der Waals surface area contributed by atoms with E-state index < -0.39 is 32.8 Å². The SMILES string of the molecule is CCOC(=O)[C@H](CC)N1N=C(C(=O)N2CCCC2)S(=O)(=O)c2ccc(C)cc21. The Hall–Kier alpha value is -2.42. The van der Waals surface area contributed by atoms with Crippen LogP contribution in [0.4, 0.5) is 5.69 Å². The van der Waals surface area contributed by atoms with Gasteiger partial charge in [-0.25, -0.2) is 18.2 Å². The molecule has 1 saturated heterocycles. The van der Waals surface area contributed by atoms with E-state index in [0.717, 1.165) is 18.4 Å². The molecule has 0 N–H and O–H groups in total. The van der Waals surface area contributed by atoms with Crippen molar-refractivity contribution in [1.29, 1.82) is 0 Å². The molecular formula is C19H25N3O5S. The zero-order valence-corrected chi connectivity index (χ0v) is 17.2. The molecule has 152 valence electrons. The lowest BCUT2D eigenvalue weighted by Crippen LogP contribution is -2.47. The average molecular weight is 407 g/mol. The molecule has 0 unspecified atom stereocenters. The average Bonchev–Trinajstić information content (AvgIpc) is 3.18. The number of rotatable bonds is 5. The summed E-state index contributed by atoms with van der Waals surface area (Å²) in [5.74, 6) is -1.12.